The highest BCUT2D eigenvalue weighted by molar-refractivity contribution is 5.94. The summed E-state index contributed by atoms with van der Waals surface area (Å²) in [7, 11) is 0. The van der Waals surface area contributed by atoms with E-state index >= 15 is 0 Å². The van der Waals surface area contributed by atoms with E-state index in [9.17, 15) is 9.59 Å². The lowest BCUT2D eigenvalue weighted by molar-refractivity contribution is -0.143. The summed E-state index contributed by atoms with van der Waals surface area (Å²) in [4.78, 5) is 30.0. The van der Waals surface area contributed by atoms with Crippen LogP contribution >= 0.6 is 0 Å². The molecular weight excluding hydrogens is 292 g/mol. The van der Waals surface area contributed by atoms with E-state index in [0.29, 0.717) is 25.3 Å². The van der Waals surface area contributed by atoms with Gasteiger partial charge in [0.2, 0.25) is 0 Å². The van der Waals surface area contributed by atoms with Crippen LogP contribution in [0.2, 0.25) is 0 Å². The quantitative estimate of drug-likeness (QED) is 0.738. The van der Waals surface area contributed by atoms with Crippen molar-refractivity contribution in [1.82, 2.24) is 9.88 Å². The molecule has 2 rings (SSSR count). The second kappa shape index (κ2) is 8.68. The summed E-state index contributed by atoms with van der Waals surface area (Å²) in [6.45, 7) is 2.82. The minimum Gasteiger partial charge on any atom is -0.466 e. The summed E-state index contributed by atoms with van der Waals surface area (Å²) in [5.41, 5.74) is 1.51. The fourth-order valence-electron chi connectivity index (χ4n) is 2.19. The van der Waals surface area contributed by atoms with E-state index in [1.54, 1.807) is 36.4 Å². The fraction of sp³-hybridized carbons (Fsp3) is 0.278. The smallest absolute Gasteiger partial charge is 0.307 e. The minimum absolute atomic E-state index is 0.112. The van der Waals surface area contributed by atoms with Gasteiger partial charge in [-0.3, -0.25) is 14.6 Å². The predicted molar refractivity (Wildman–Crippen MR) is 86.7 cm³/mol. The summed E-state index contributed by atoms with van der Waals surface area (Å²) in [6, 6.07) is 12.8. The van der Waals surface area contributed by atoms with Gasteiger partial charge in [-0.1, -0.05) is 24.3 Å². The summed E-state index contributed by atoms with van der Waals surface area (Å²) < 4.78 is 4.94. The van der Waals surface area contributed by atoms with Gasteiger partial charge in [-0.15, -0.1) is 0 Å². The van der Waals surface area contributed by atoms with Gasteiger partial charge >= 0.3 is 5.97 Å². The molecule has 0 saturated carbocycles. The molecule has 120 valence electrons. The van der Waals surface area contributed by atoms with Crippen LogP contribution in [0.3, 0.4) is 0 Å². The highest BCUT2D eigenvalue weighted by Crippen LogP contribution is 2.10. The molecule has 0 bridgehead atoms. The van der Waals surface area contributed by atoms with Gasteiger partial charge in [0.05, 0.1) is 13.0 Å². The first-order chi connectivity index (χ1) is 11.2. The third-order valence-corrected chi connectivity index (χ3v) is 3.30. The molecule has 0 aliphatic carbocycles. The maximum absolute atomic E-state index is 12.7. The number of benzene rings is 1. The molecule has 23 heavy (non-hydrogen) atoms. The first-order valence-corrected chi connectivity index (χ1v) is 7.59. The summed E-state index contributed by atoms with van der Waals surface area (Å²) >= 11 is 0. The van der Waals surface area contributed by atoms with Gasteiger partial charge in [0, 0.05) is 31.0 Å². The lowest BCUT2D eigenvalue weighted by Crippen LogP contribution is -2.33. The van der Waals surface area contributed by atoms with Crippen LogP contribution in [-0.4, -0.2) is 34.9 Å². The van der Waals surface area contributed by atoms with Crippen LogP contribution in [0, 0.1) is 0 Å². The standard InChI is InChI=1S/C18H20N2O3/c1-2-23-17(21)10-12-20(14-15-7-6-11-19-13-15)18(22)16-8-4-3-5-9-16/h3-9,11,13H,2,10,12,14H2,1H3. The summed E-state index contributed by atoms with van der Waals surface area (Å²) in [5.74, 6) is -0.414. The van der Waals surface area contributed by atoms with E-state index in [1.807, 2.05) is 30.3 Å². The Labute approximate surface area is 135 Å². The van der Waals surface area contributed by atoms with Crippen LogP contribution in [0.5, 0.6) is 0 Å². The van der Waals surface area contributed by atoms with Crippen molar-refractivity contribution in [2.24, 2.45) is 0 Å². The average molecular weight is 312 g/mol. The number of rotatable bonds is 7. The van der Waals surface area contributed by atoms with E-state index in [4.69, 9.17) is 4.74 Å². The largest absolute Gasteiger partial charge is 0.466 e. The Balaban J connectivity index is 2.10. The van der Waals surface area contributed by atoms with E-state index in [-0.39, 0.29) is 18.3 Å². The van der Waals surface area contributed by atoms with Gasteiger partial charge in [-0.25, -0.2) is 0 Å². The molecule has 5 heteroatoms. The van der Waals surface area contributed by atoms with Gasteiger partial charge in [-0.05, 0) is 30.7 Å². The maximum atomic E-state index is 12.7. The first-order valence-electron chi connectivity index (χ1n) is 7.59. The topological polar surface area (TPSA) is 59.5 Å². The molecule has 5 nitrogen and oxygen atoms in total. The molecule has 0 radical (unpaired) electrons. The number of hydrogen-bond donors (Lipinski definition) is 0. The molecule has 0 aliphatic heterocycles. The molecular formula is C18H20N2O3. The van der Waals surface area contributed by atoms with Crippen LogP contribution < -0.4 is 0 Å². The number of carbonyl (C=O) groups excluding carboxylic acids is 2. The molecule has 0 N–H and O–H groups in total. The second-order valence-electron chi connectivity index (χ2n) is 5.01. The van der Waals surface area contributed by atoms with Gasteiger partial charge in [0.1, 0.15) is 0 Å². The Morgan fingerprint density at radius 1 is 1.13 bits per heavy atom. The van der Waals surface area contributed by atoms with Gasteiger partial charge in [0.15, 0.2) is 0 Å². The molecule has 2 aromatic rings. The molecule has 0 atom stereocenters. The number of amides is 1. The zero-order valence-electron chi connectivity index (χ0n) is 13.1. The number of esters is 1. The fourth-order valence-corrected chi connectivity index (χ4v) is 2.19. The van der Waals surface area contributed by atoms with Crippen molar-refractivity contribution in [3.05, 3.63) is 66.0 Å². The molecule has 1 heterocycles. The SMILES string of the molecule is CCOC(=O)CCN(Cc1cccnc1)C(=O)c1ccccc1. The average Bonchev–Trinajstić information content (AvgIpc) is 2.60. The second-order valence-corrected chi connectivity index (χ2v) is 5.01. The Morgan fingerprint density at radius 2 is 1.91 bits per heavy atom. The lowest BCUT2D eigenvalue weighted by Gasteiger charge is -2.22. The summed E-state index contributed by atoms with van der Waals surface area (Å²) in [6.07, 6.45) is 3.58. The Hall–Kier alpha value is -2.69. The van der Waals surface area contributed by atoms with E-state index in [1.165, 1.54) is 0 Å². The van der Waals surface area contributed by atoms with Gasteiger partial charge in [-0.2, -0.15) is 0 Å². The molecule has 0 aliphatic rings. The molecule has 1 amide bonds. The van der Waals surface area contributed by atoms with Crippen LogP contribution in [0.4, 0.5) is 0 Å². The van der Waals surface area contributed by atoms with Gasteiger partial charge < -0.3 is 9.64 Å². The Bertz CT molecular complexity index is 629. The number of carbonyl (C=O) groups is 2. The maximum Gasteiger partial charge on any atom is 0.307 e. The molecule has 0 fully saturated rings. The monoisotopic (exact) mass is 312 g/mol. The zero-order chi connectivity index (χ0) is 16.5. The first kappa shape index (κ1) is 16.7. The van der Waals surface area contributed by atoms with Gasteiger partial charge in [0.25, 0.3) is 5.91 Å². The Morgan fingerprint density at radius 3 is 2.57 bits per heavy atom. The number of hydrogen-bond acceptors (Lipinski definition) is 4. The minimum atomic E-state index is -0.301. The molecule has 0 spiro atoms. The number of ether oxygens (including phenoxy) is 1. The Kier molecular flexibility index (Phi) is 6.29. The van der Waals surface area contributed by atoms with Crippen molar-refractivity contribution in [3.63, 3.8) is 0 Å². The van der Waals surface area contributed by atoms with Crippen molar-refractivity contribution >= 4 is 11.9 Å². The molecule has 1 aromatic carbocycles. The van der Waals surface area contributed by atoms with Crippen LogP contribution in [0.25, 0.3) is 0 Å². The van der Waals surface area contributed by atoms with Crippen LogP contribution in [0.1, 0.15) is 29.3 Å². The predicted octanol–water partition coefficient (Wildman–Crippen LogP) is 2.68. The lowest BCUT2D eigenvalue weighted by atomic mass is 10.1. The number of pyridine rings is 1. The normalized spacial score (nSPS) is 10.1. The van der Waals surface area contributed by atoms with Crippen LogP contribution in [-0.2, 0) is 16.1 Å². The molecule has 0 saturated heterocycles. The van der Waals surface area contributed by atoms with E-state index in [0.717, 1.165) is 5.56 Å². The highest BCUT2D eigenvalue weighted by atomic mass is 16.5. The van der Waals surface area contributed by atoms with Crippen molar-refractivity contribution in [3.8, 4) is 0 Å². The van der Waals surface area contributed by atoms with Crippen molar-refractivity contribution in [2.45, 2.75) is 19.9 Å². The zero-order valence-corrected chi connectivity index (χ0v) is 13.1. The van der Waals surface area contributed by atoms with Crippen molar-refractivity contribution < 1.29 is 14.3 Å². The molecule has 0 unspecified atom stereocenters. The summed E-state index contributed by atoms with van der Waals surface area (Å²) in [5, 5.41) is 0. The number of nitrogens with zero attached hydrogens (tertiary/aromatic N) is 2. The van der Waals surface area contributed by atoms with E-state index < -0.39 is 0 Å². The van der Waals surface area contributed by atoms with E-state index in [2.05, 4.69) is 4.98 Å². The third-order valence-electron chi connectivity index (χ3n) is 3.30. The van der Waals surface area contributed by atoms with Crippen molar-refractivity contribution in [1.29, 1.82) is 0 Å². The van der Waals surface area contributed by atoms with Crippen molar-refractivity contribution in [2.75, 3.05) is 13.2 Å². The van der Waals surface area contributed by atoms with Crippen LogP contribution in [0.15, 0.2) is 54.9 Å². The molecule has 1 aromatic heterocycles. The number of aromatic nitrogens is 1. The highest BCUT2D eigenvalue weighted by Gasteiger charge is 2.17. The third kappa shape index (κ3) is 5.21.